The number of pyridine rings is 1. The number of fused-ring (bicyclic) bond motifs is 2. The van der Waals surface area contributed by atoms with Crippen molar-refractivity contribution in [2.75, 3.05) is 29.9 Å². The molecule has 0 saturated carbocycles. The number of anilines is 2. The van der Waals surface area contributed by atoms with Gasteiger partial charge in [-0.25, -0.2) is 9.37 Å². The van der Waals surface area contributed by atoms with Gasteiger partial charge in [-0.2, -0.15) is 5.10 Å². The summed E-state index contributed by atoms with van der Waals surface area (Å²) in [4.78, 5) is 19.7. The number of aryl methyl sites for hydroxylation is 2. The van der Waals surface area contributed by atoms with E-state index in [2.05, 4.69) is 25.6 Å². The molecule has 0 bridgehead atoms. The van der Waals surface area contributed by atoms with Crippen molar-refractivity contribution in [3.05, 3.63) is 53.9 Å². The largest absolute Gasteiger partial charge is 0.369 e. The highest BCUT2D eigenvalue weighted by atomic mass is 19.1. The van der Waals surface area contributed by atoms with Crippen molar-refractivity contribution >= 4 is 33.8 Å². The Bertz CT molecular complexity index is 1380. The molecule has 1 atom stereocenters. The second-order valence-electron chi connectivity index (χ2n) is 8.97. The molecule has 5 heterocycles. The van der Waals surface area contributed by atoms with E-state index in [1.165, 1.54) is 12.5 Å². The molecule has 2 N–H and O–H groups in total. The summed E-state index contributed by atoms with van der Waals surface area (Å²) in [6.45, 7) is 4.83. The average Bonchev–Trinajstić information content (AvgIpc) is 3.42. The molecule has 9 heteroatoms. The molecule has 164 valence electrons. The summed E-state index contributed by atoms with van der Waals surface area (Å²) in [6, 6.07) is 5.11. The van der Waals surface area contributed by atoms with Crippen LogP contribution < -0.4 is 15.5 Å². The predicted octanol–water partition coefficient (Wildman–Crippen LogP) is 2.86. The van der Waals surface area contributed by atoms with Crippen LogP contribution in [-0.2, 0) is 7.05 Å². The maximum absolute atomic E-state index is 14.4. The molecular formula is C23H24FN7O. The van der Waals surface area contributed by atoms with E-state index in [0.29, 0.717) is 22.5 Å². The van der Waals surface area contributed by atoms with Gasteiger partial charge in [0.05, 0.1) is 16.9 Å². The van der Waals surface area contributed by atoms with E-state index < -0.39 is 5.82 Å². The van der Waals surface area contributed by atoms with Crippen LogP contribution in [0.25, 0.3) is 16.6 Å². The van der Waals surface area contributed by atoms with Gasteiger partial charge in [0.2, 0.25) is 0 Å². The molecule has 1 aromatic carbocycles. The van der Waals surface area contributed by atoms with Crippen LogP contribution >= 0.6 is 0 Å². The van der Waals surface area contributed by atoms with Crippen LogP contribution in [0.3, 0.4) is 0 Å². The Kier molecular flexibility index (Phi) is 4.07. The molecule has 32 heavy (non-hydrogen) atoms. The molecule has 0 radical (unpaired) electrons. The topological polar surface area (TPSA) is 79.5 Å². The van der Waals surface area contributed by atoms with E-state index in [4.69, 9.17) is 0 Å². The van der Waals surface area contributed by atoms with Gasteiger partial charge in [-0.3, -0.25) is 9.48 Å². The van der Waals surface area contributed by atoms with Gasteiger partial charge in [0, 0.05) is 61.4 Å². The standard InChI is InChI=1S/C23H24FN7O/c1-14-10-31-11-15(9-18(24)21(31)26-14)27-22(32)16-3-4-19(17-12-29(2)28-20(16)17)30-8-6-23(13-30)5-7-25-23/h3-4,9-12,25H,5-8,13H2,1-2H3,(H,27,32). The summed E-state index contributed by atoms with van der Waals surface area (Å²) in [7, 11) is 1.86. The average molecular weight is 433 g/mol. The van der Waals surface area contributed by atoms with E-state index in [-0.39, 0.29) is 17.1 Å². The highest BCUT2D eigenvalue weighted by molar-refractivity contribution is 6.13. The number of carbonyl (C=O) groups is 1. The van der Waals surface area contributed by atoms with E-state index >= 15 is 0 Å². The highest BCUT2D eigenvalue weighted by Gasteiger charge is 2.43. The van der Waals surface area contributed by atoms with Gasteiger partial charge in [0.25, 0.3) is 5.91 Å². The lowest BCUT2D eigenvalue weighted by Gasteiger charge is -2.40. The molecule has 2 aliphatic rings. The van der Waals surface area contributed by atoms with Gasteiger partial charge in [0.15, 0.2) is 11.5 Å². The zero-order valence-electron chi connectivity index (χ0n) is 18.0. The maximum atomic E-state index is 14.4. The van der Waals surface area contributed by atoms with Crippen LogP contribution in [0.5, 0.6) is 0 Å². The van der Waals surface area contributed by atoms with Gasteiger partial charge in [-0.05, 0) is 38.4 Å². The first-order chi connectivity index (χ1) is 15.4. The molecule has 8 nitrogen and oxygen atoms in total. The second kappa shape index (κ2) is 6.77. The molecule has 2 fully saturated rings. The highest BCUT2D eigenvalue weighted by Crippen LogP contribution is 2.37. The minimum Gasteiger partial charge on any atom is -0.369 e. The first kappa shape index (κ1) is 19.2. The second-order valence-corrected chi connectivity index (χ2v) is 8.97. The third kappa shape index (κ3) is 2.96. The Morgan fingerprint density at radius 3 is 2.84 bits per heavy atom. The number of benzene rings is 1. The number of rotatable bonds is 3. The Morgan fingerprint density at radius 1 is 1.25 bits per heavy atom. The fourth-order valence-corrected chi connectivity index (χ4v) is 5.02. The van der Waals surface area contributed by atoms with Crippen LogP contribution in [0, 0.1) is 12.7 Å². The van der Waals surface area contributed by atoms with E-state index in [1.54, 1.807) is 28.4 Å². The molecule has 2 saturated heterocycles. The predicted molar refractivity (Wildman–Crippen MR) is 121 cm³/mol. The molecule has 1 unspecified atom stereocenters. The SMILES string of the molecule is Cc1cn2cc(NC(=O)c3ccc(N4CCC5(CCN5)C4)c4cn(C)nc34)cc(F)c2n1. The molecule has 6 rings (SSSR count). The summed E-state index contributed by atoms with van der Waals surface area (Å²) in [5, 5.41) is 11.9. The van der Waals surface area contributed by atoms with Gasteiger partial charge < -0.3 is 19.9 Å². The number of halogens is 1. The molecule has 1 amide bonds. The lowest BCUT2D eigenvalue weighted by molar-refractivity contribution is 0.102. The monoisotopic (exact) mass is 433 g/mol. The Balaban J connectivity index is 1.34. The summed E-state index contributed by atoms with van der Waals surface area (Å²) in [6.07, 6.45) is 7.67. The number of nitrogens with zero attached hydrogens (tertiary/aromatic N) is 5. The molecule has 1 spiro atoms. The van der Waals surface area contributed by atoms with Crippen LogP contribution in [0.4, 0.5) is 15.8 Å². The normalized spacial score (nSPS) is 20.4. The summed E-state index contributed by atoms with van der Waals surface area (Å²) >= 11 is 0. The smallest absolute Gasteiger partial charge is 0.257 e. The van der Waals surface area contributed by atoms with Gasteiger partial charge >= 0.3 is 0 Å². The van der Waals surface area contributed by atoms with E-state index in [9.17, 15) is 9.18 Å². The van der Waals surface area contributed by atoms with Crippen molar-refractivity contribution in [1.29, 1.82) is 0 Å². The summed E-state index contributed by atoms with van der Waals surface area (Å²) in [5.74, 6) is -0.809. The molecule has 3 aromatic heterocycles. The zero-order chi connectivity index (χ0) is 22.0. The minimum atomic E-state index is -0.484. The van der Waals surface area contributed by atoms with Gasteiger partial charge in [-0.1, -0.05) is 0 Å². The fourth-order valence-electron chi connectivity index (χ4n) is 5.02. The van der Waals surface area contributed by atoms with Crippen LogP contribution in [0.1, 0.15) is 28.9 Å². The fraction of sp³-hybridized carbons (Fsp3) is 0.348. The Hall–Kier alpha value is -3.46. The lowest BCUT2D eigenvalue weighted by Crippen LogP contribution is -2.58. The van der Waals surface area contributed by atoms with Gasteiger partial charge in [-0.15, -0.1) is 0 Å². The molecule has 2 aliphatic heterocycles. The number of hydrogen-bond donors (Lipinski definition) is 2. The van der Waals surface area contributed by atoms with Crippen molar-refractivity contribution in [3.8, 4) is 0 Å². The number of nitrogens with one attached hydrogen (secondary N) is 2. The van der Waals surface area contributed by atoms with Crippen LogP contribution in [0.2, 0.25) is 0 Å². The number of hydrogen-bond acceptors (Lipinski definition) is 5. The van der Waals surface area contributed by atoms with E-state index in [0.717, 1.165) is 37.1 Å². The third-order valence-electron chi connectivity index (χ3n) is 6.70. The number of imidazole rings is 1. The van der Waals surface area contributed by atoms with Crippen LogP contribution in [-0.4, -0.2) is 50.2 Å². The Labute approximate surface area is 184 Å². The molecule has 0 aliphatic carbocycles. The summed E-state index contributed by atoms with van der Waals surface area (Å²) < 4.78 is 17.7. The first-order valence-electron chi connectivity index (χ1n) is 10.8. The lowest BCUT2D eigenvalue weighted by atomic mass is 9.87. The third-order valence-corrected chi connectivity index (χ3v) is 6.70. The van der Waals surface area contributed by atoms with Crippen molar-refractivity contribution in [3.63, 3.8) is 0 Å². The first-order valence-corrected chi connectivity index (χ1v) is 10.8. The van der Waals surface area contributed by atoms with Crippen LogP contribution in [0.15, 0.2) is 36.8 Å². The van der Waals surface area contributed by atoms with Crippen molar-refractivity contribution < 1.29 is 9.18 Å². The molecule has 4 aromatic rings. The van der Waals surface area contributed by atoms with E-state index in [1.807, 2.05) is 25.4 Å². The minimum absolute atomic E-state index is 0.235. The number of amides is 1. The maximum Gasteiger partial charge on any atom is 0.257 e. The quantitative estimate of drug-likeness (QED) is 0.520. The van der Waals surface area contributed by atoms with Crippen molar-refractivity contribution in [2.45, 2.75) is 25.3 Å². The zero-order valence-corrected chi connectivity index (χ0v) is 18.0. The number of aromatic nitrogens is 4. The van der Waals surface area contributed by atoms with Crippen molar-refractivity contribution in [2.24, 2.45) is 7.05 Å². The molecular weight excluding hydrogens is 409 g/mol. The number of carbonyl (C=O) groups excluding carboxylic acids is 1. The van der Waals surface area contributed by atoms with Crippen molar-refractivity contribution in [1.82, 2.24) is 24.5 Å². The van der Waals surface area contributed by atoms with Gasteiger partial charge in [0.1, 0.15) is 5.52 Å². The summed E-state index contributed by atoms with van der Waals surface area (Å²) in [5.41, 5.74) is 3.74. The Morgan fingerprint density at radius 2 is 2.09 bits per heavy atom.